The number of nitrogens with one attached hydrogen (secondary N) is 1. The molecule has 152 valence electrons. The van der Waals surface area contributed by atoms with Crippen molar-refractivity contribution in [1.82, 2.24) is 14.9 Å². The number of rotatable bonds is 5. The lowest BCUT2D eigenvalue weighted by Gasteiger charge is -2.35. The first-order chi connectivity index (χ1) is 13.3. The molecule has 0 atom stereocenters. The van der Waals surface area contributed by atoms with Crippen LogP contribution in [0.1, 0.15) is 64.3 Å². The normalized spacial score (nSPS) is 15.4. The van der Waals surface area contributed by atoms with Crippen molar-refractivity contribution in [2.45, 2.75) is 71.1 Å². The van der Waals surface area contributed by atoms with E-state index in [0.29, 0.717) is 6.54 Å². The molecule has 0 unspecified atom stereocenters. The van der Waals surface area contributed by atoms with Gasteiger partial charge in [-0.3, -0.25) is 4.90 Å². The molecular weight excluding hydrogens is 354 g/mol. The Kier molecular flexibility index (Phi) is 5.96. The SMILES string of the molecule is C=Cc1cc2[nH]c(CN(C(=O)OC(C)(C)C)C3CCCCC3)nc2cc1OC. The summed E-state index contributed by atoms with van der Waals surface area (Å²) in [6, 6.07) is 4.05. The van der Waals surface area contributed by atoms with Gasteiger partial charge in [0.25, 0.3) is 0 Å². The van der Waals surface area contributed by atoms with Crippen LogP contribution >= 0.6 is 0 Å². The van der Waals surface area contributed by atoms with Crippen LogP contribution in [0.4, 0.5) is 4.79 Å². The van der Waals surface area contributed by atoms with E-state index in [-0.39, 0.29) is 12.1 Å². The highest BCUT2D eigenvalue weighted by Gasteiger charge is 2.30. The Labute approximate surface area is 166 Å². The van der Waals surface area contributed by atoms with Crippen molar-refractivity contribution in [3.05, 3.63) is 30.1 Å². The number of amides is 1. The molecule has 0 bridgehead atoms. The summed E-state index contributed by atoms with van der Waals surface area (Å²) < 4.78 is 11.1. The first-order valence-corrected chi connectivity index (χ1v) is 9.99. The molecule has 1 aromatic heterocycles. The van der Waals surface area contributed by atoms with Gasteiger partial charge in [0.15, 0.2) is 0 Å². The number of ether oxygens (including phenoxy) is 2. The second-order valence-electron chi connectivity index (χ2n) is 8.40. The van der Waals surface area contributed by atoms with Crippen LogP contribution in [0, 0.1) is 0 Å². The number of aromatic amines is 1. The third-order valence-corrected chi connectivity index (χ3v) is 5.07. The lowest BCUT2D eigenvalue weighted by Crippen LogP contribution is -2.44. The maximum absolute atomic E-state index is 12.9. The average molecular weight is 386 g/mol. The Morgan fingerprint density at radius 3 is 2.64 bits per heavy atom. The molecule has 1 aliphatic carbocycles. The molecule has 2 aromatic rings. The number of aromatic nitrogens is 2. The van der Waals surface area contributed by atoms with Crippen molar-refractivity contribution in [3.8, 4) is 5.75 Å². The molecule has 6 nitrogen and oxygen atoms in total. The maximum Gasteiger partial charge on any atom is 0.410 e. The minimum atomic E-state index is -0.524. The van der Waals surface area contributed by atoms with E-state index in [4.69, 9.17) is 14.5 Å². The topological polar surface area (TPSA) is 67.5 Å². The van der Waals surface area contributed by atoms with Crippen LogP contribution in [0.15, 0.2) is 18.7 Å². The predicted molar refractivity (Wildman–Crippen MR) is 111 cm³/mol. The molecule has 3 rings (SSSR count). The van der Waals surface area contributed by atoms with Crippen molar-refractivity contribution >= 4 is 23.2 Å². The Hall–Kier alpha value is -2.50. The fourth-order valence-corrected chi connectivity index (χ4v) is 3.74. The van der Waals surface area contributed by atoms with Gasteiger partial charge in [-0.05, 0) is 39.7 Å². The van der Waals surface area contributed by atoms with E-state index in [2.05, 4.69) is 11.6 Å². The molecule has 1 aliphatic rings. The summed E-state index contributed by atoms with van der Waals surface area (Å²) in [7, 11) is 1.63. The zero-order valence-electron chi connectivity index (χ0n) is 17.4. The van der Waals surface area contributed by atoms with E-state index in [9.17, 15) is 4.79 Å². The first kappa shape index (κ1) is 20.2. The number of methoxy groups -OCH3 is 1. The summed E-state index contributed by atoms with van der Waals surface area (Å²) in [4.78, 5) is 22.8. The average Bonchev–Trinajstić information content (AvgIpc) is 3.05. The summed E-state index contributed by atoms with van der Waals surface area (Å²) in [5.74, 6) is 1.48. The molecule has 6 heteroatoms. The molecular formula is C22H31N3O3. The van der Waals surface area contributed by atoms with Crippen LogP contribution in [0.5, 0.6) is 5.75 Å². The van der Waals surface area contributed by atoms with Gasteiger partial charge in [-0.25, -0.2) is 9.78 Å². The Morgan fingerprint density at radius 2 is 2.04 bits per heavy atom. The minimum absolute atomic E-state index is 0.190. The molecule has 1 amide bonds. The van der Waals surface area contributed by atoms with Gasteiger partial charge in [-0.2, -0.15) is 0 Å². The fourth-order valence-electron chi connectivity index (χ4n) is 3.74. The number of nitrogens with zero attached hydrogens (tertiary/aromatic N) is 2. The second-order valence-corrected chi connectivity index (χ2v) is 8.40. The monoisotopic (exact) mass is 385 g/mol. The van der Waals surface area contributed by atoms with E-state index in [0.717, 1.165) is 53.9 Å². The number of benzene rings is 1. The largest absolute Gasteiger partial charge is 0.496 e. The number of carbonyl (C=O) groups excluding carboxylic acids is 1. The Balaban J connectivity index is 1.88. The number of H-pyrrole nitrogens is 1. The second kappa shape index (κ2) is 8.25. The van der Waals surface area contributed by atoms with E-state index in [1.807, 2.05) is 37.8 Å². The number of hydrogen-bond acceptors (Lipinski definition) is 4. The zero-order valence-corrected chi connectivity index (χ0v) is 17.4. The lowest BCUT2D eigenvalue weighted by molar-refractivity contribution is 0.00931. The lowest BCUT2D eigenvalue weighted by atomic mass is 9.94. The summed E-state index contributed by atoms with van der Waals surface area (Å²) in [6.07, 6.45) is 7.01. The Bertz CT molecular complexity index is 845. The third kappa shape index (κ3) is 4.66. The molecule has 1 fully saturated rings. The van der Waals surface area contributed by atoms with Crippen LogP contribution in [-0.4, -0.2) is 39.7 Å². The predicted octanol–water partition coefficient (Wildman–Crippen LogP) is 5.28. The van der Waals surface area contributed by atoms with E-state index in [1.54, 1.807) is 13.2 Å². The summed E-state index contributed by atoms with van der Waals surface area (Å²) in [5.41, 5.74) is 2.09. The number of imidazole rings is 1. The zero-order chi connectivity index (χ0) is 20.3. The van der Waals surface area contributed by atoms with Gasteiger partial charge in [-0.15, -0.1) is 0 Å². The van der Waals surface area contributed by atoms with Crippen molar-refractivity contribution in [3.63, 3.8) is 0 Å². The highest BCUT2D eigenvalue weighted by Crippen LogP contribution is 2.28. The molecule has 1 heterocycles. The molecule has 0 radical (unpaired) electrons. The molecule has 1 aromatic carbocycles. The van der Waals surface area contributed by atoms with Gasteiger partial charge in [0.05, 0.1) is 24.7 Å². The van der Waals surface area contributed by atoms with Gasteiger partial charge in [0.1, 0.15) is 17.2 Å². The van der Waals surface area contributed by atoms with Crippen molar-refractivity contribution in [1.29, 1.82) is 0 Å². The van der Waals surface area contributed by atoms with E-state index in [1.165, 1.54) is 6.42 Å². The van der Waals surface area contributed by atoms with Gasteiger partial charge < -0.3 is 14.5 Å². The molecule has 0 spiro atoms. The summed E-state index contributed by atoms with van der Waals surface area (Å²) in [5, 5.41) is 0. The van der Waals surface area contributed by atoms with Crippen LogP contribution in [0.2, 0.25) is 0 Å². The van der Waals surface area contributed by atoms with Crippen molar-refractivity contribution in [2.75, 3.05) is 7.11 Å². The third-order valence-electron chi connectivity index (χ3n) is 5.07. The number of fused-ring (bicyclic) bond motifs is 1. The quantitative estimate of drug-likeness (QED) is 0.760. The molecule has 1 saturated carbocycles. The van der Waals surface area contributed by atoms with E-state index >= 15 is 0 Å². The highest BCUT2D eigenvalue weighted by molar-refractivity contribution is 5.81. The van der Waals surface area contributed by atoms with Gasteiger partial charge in [-0.1, -0.05) is 31.9 Å². The van der Waals surface area contributed by atoms with Crippen LogP contribution < -0.4 is 4.74 Å². The van der Waals surface area contributed by atoms with Crippen LogP contribution in [-0.2, 0) is 11.3 Å². The molecule has 1 N–H and O–H groups in total. The highest BCUT2D eigenvalue weighted by atomic mass is 16.6. The summed E-state index contributed by atoms with van der Waals surface area (Å²) >= 11 is 0. The van der Waals surface area contributed by atoms with Crippen molar-refractivity contribution in [2.24, 2.45) is 0 Å². The summed E-state index contributed by atoms with van der Waals surface area (Å²) in [6.45, 7) is 9.93. The smallest absolute Gasteiger partial charge is 0.410 e. The van der Waals surface area contributed by atoms with Crippen molar-refractivity contribution < 1.29 is 14.3 Å². The Morgan fingerprint density at radius 1 is 1.32 bits per heavy atom. The number of hydrogen-bond donors (Lipinski definition) is 1. The van der Waals surface area contributed by atoms with Gasteiger partial charge >= 0.3 is 6.09 Å². The first-order valence-electron chi connectivity index (χ1n) is 9.99. The minimum Gasteiger partial charge on any atom is -0.496 e. The van der Waals surface area contributed by atoms with Crippen LogP contribution in [0.25, 0.3) is 17.1 Å². The van der Waals surface area contributed by atoms with Crippen LogP contribution in [0.3, 0.4) is 0 Å². The fraction of sp³-hybridized carbons (Fsp3) is 0.545. The number of carbonyl (C=O) groups is 1. The standard InChI is InChI=1S/C22H31N3O3/c1-6-15-12-17-18(13-19(15)27-5)24-20(23-17)14-25(16-10-8-7-9-11-16)21(26)28-22(2,3)4/h6,12-13,16H,1,7-11,14H2,2-5H3,(H,23,24). The van der Waals surface area contributed by atoms with E-state index < -0.39 is 5.60 Å². The molecule has 0 saturated heterocycles. The molecule has 0 aliphatic heterocycles. The maximum atomic E-state index is 12.9. The van der Waals surface area contributed by atoms with Gasteiger partial charge in [0.2, 0.25) is 0 Å². The van der Waals surface area contributed by atoms with Gasteiger partial charge in [0, 0.05) is 17.7 Å². The molecule has 28 heavy (non-hydrogen) atoms.